The lowest BCUT2D eigenvalue weighted by molar-refractivity contribution is 0.523. The van der Waals surface area contributed by atoms with Crippen molar-refractivity contribution < 1.29 is 0 Å². The number of fused-ring (bicyclic) bond motifs is 1. The van der Waals surface area contributed by atoms with Crippen LogP contribution < -0.4 is 11.4 Å². The van der Waals surface area contributed by atoms with Crippen molar-refractivity contribution in [1.82, 2.24) is 29.5 Å². The van der Waals surface area contributed by atoms with Gasteiger partial charge in [0.05, 0.1) is 0 Å². The molecule has 0 bridgehead atoms. The van der Waals surface area contributed by atoms with E-state index in [1.165, 1.54) is 44.6 Å². The van der Waals surface area contributed by atoms with Crippen LogP contribution in [0, 0.1) is 0 Å². The van der Waals surface area contributed by atoms with E-state index in [0.717, 1.165) is 0 Å². The summed E-state index contributed by atoms with van der Waals surface area (Å²) in [6, 6.07) is 1.37. The first-order valence-corrected chi connectivity index (χ1v) is 7.73. The largest absolute Gasteiger partial charge is 0.336 e. The van der Waals surface area contributed by atoms with Crippen LogP contribution in [0.2, 0.25) is 0 Å². The number of nitrogens with two attached hydrogens (primary N) is 1. The zero-order valence-electron chi connectivity index (χ0n) is 11.6. The van der Waals surface area contributed by atoms with Gasteiger partial charge in [0.25, 0.3) is 5.56 Å². The van der Waals surface area contributed by atoms with E-state index in [1.807, 2.05) is 20.8 Å². The first-order valence-electron chi connectivity index (χ1n) is 6.10. The molecule has 0 aliphatic rings. The molecule has 3 rings (SSSR count). The molecule has 3 aromatic rings. The minimum atomic E-state index is -0.215. The number of aromatic nitrogens is 6. The molecule has 0 amide bonds. The van der Waals surface area contributed by atoms with Gasteiger partial charge in [-0.3, -0.25) is 4.79 Å². The topological polar surface area (TPSA) is 104 Å². The Labute approximate surface area is 128 Å². The third-order valence-electron chi connectivity index (χ3n) is 2.67. The molecular formula is C11H13N7OS2. The molecule has 0 unspecified atom stereocenters. The summed E-state index contributed by atoms with van der Waals surface area (Å²) in [4.78, 5) is 16.3. The normalized spacial score (nSPS) is 12.1. The third-order valence-corrected chi connectivity index (χ3v) is 4.60. The Kier molecular flexibility index (Phi) is 3.21. The summed E-state index contributed by atoms with van der Waals surface area (Å²) in [6.45, 7) is 6.03. The minimum Gasteiger partial charge on any atom is -0.336 e. The second-order valence-corrected chi connectivity index (χ2v) is 7.54. The van der Waals surface area contributed by atoms with Gasteiger partial charge in [0.2, 0.25) is 10.1 Å². The van der Waals surface area contributed by atoms with E-state index < -0.39 is 0 Å². The van der Waals surface area contributed by atoms with E-state index in [1.54, 1.807) is 0 Å². The van der Waals surface area contributed by atoms with Gasteiger partial charge in [0, 0.05) is 17.7 Å². The van der Waals surface area contributed by atoms with Crippen LogP contribution in [0.4, 0.5) is 0 Å². The van der Waals surface area contributed by atoms with Crippen molar-refractivity contribution in [3.05, 3.63) is 28.4 Å². The lowest BCUT2D eigenvalue weighted by atomic mass is 9.96. The lowest BCUT2D eigenvalue weighted by Crippen LogP contribution is -2.24. The quantitative estimate of drug-likeness (QED) is 0.699. The predicted molar refractivity (Wildman–Crippen MR) is 80.1 cm³/mol. The van der Waals surface area contributed by atoms with Crippen LogP contribution >= 0.6 is 23.1 Å². The van der Waals surface area contributed by atoms with Crippen LogP contribution in [0.25, 0.3) is 4.96 Å². The summed E-state index contributed by atoms with van der Waals surface area (Å²) in [5.41, 5.74) is -0.417. The van der Waals surface area contributed by atoms with E-state index in [9.17, 15) is 4.79 Å². The van der Waals surface area contributed by atoms with Crippen molar-refractivity contribution in [3.8, 4) is 0 Å². The molecule has 0 fully saturated rings. The fraction of sp³-hybridized carbons (Fsp3) is 0.364. The van der Waals surface area contributed by atoms with Crippen LogP contribution in [0.5, 0.6) is 0 Å². The molecule has 2 N–H and O–H groups in total. The smallest absolute Gasteiger partial charge is 0.275 e. The Balaban J connectivity index is 1.98. The highest BCUT2D eigenvalue weighted by Crippen LogP contribution is 2.30. The van der Waals surface area contributed by atoms with E-state index in [0.29, 0.717) is 20.3 Å². The second kappa shape index (κ2) is 4.81. The van der Waals surface area contributed by atoms with Crippen LogP contribution in [-0.2, 0) is 5.41 Å². The molecule has 3 aromatic heterocycles. The van der Waals surface area contributed by atoms with Crippen molar-refractivity contribution >= 4 is 28.1 Å². The number of hydrogen-bond acceptors (Lipinski definition) is 8. The molecule has 0 radical (unpaired) electrons. The van der Waals surface area contributed by atoms with Gasteiger partial charge in [0.15, 0.2) is 10.2 Å². The van der Waals surface area contributed by atoms with Crippen molar-refractivity contribution in [2.45, 2.75) is 35.7 Å². The van der Waals surface area contributed by atoms with Crippen LogP contribution in [0.1, 0.15) is 26.6 Å². The van der Waals surface area contributed by atoms with Gasteiger partial charge in [-0.15, -0.1) is 15.3 Å². The van der Waals surface area contributed by atoms with Crippen molar-refractivity contribution in [1.29, 1.82) is 0 Å². The highest BCUT2D eigenvalue weighted by atomic mass is 32.2. The second-order valence-electron chi connectivity index (χ2n) is 5.37. The molecule has 0 aliphatic heterocycles. The highest BCUT2D eigenvalue weighted by molar-refractivity contribution is 8.01. The van der Waals surface area contributed by atoms with Crippen LogP contribution in [0.3, 0.4) is 0 Å². The van der Waals surface area contributed by atoms with Gasteiger partial charge in [-0.2, -0.15) is 4.52 Å². The van der Waals surface area contributed by atoms with E-state index in [2.05, 4.69) is 20.3 Å². The van der Waals surface area contributed by atoms with E-state index >= 15 is 0 Å². The van der Waals surface area contributed by atoms with Gasteiger partial charge < -0.3 is 5.84 Å². The average molecular weight is 323 g/mol. The predicted octanol–water partition coefficient (Wildman–Crippen LogP) is 0.905. The first-order chi connectivity index (χ1) is 9.86. The zero-order valence-corrected chi connectivity index (χ0v) is 13.3. The van der Waals surface area contributed by atoms with Gasteiger partial charge >= 0.3 is 0 Å². The minimum absolute atomic E-state index is 0.202. The number of nitrogen functional groups attached to an aromatic ring is 1. The molecule has 0 saturated carbocycles. The van der Waals surface area contributed by atoms with Crippen molar-refractivity contribution in [2.24, 2.45) is 0 Å². The van der Waals surface area contributed by atoms with E-state index in [-0.39, 0.29) is 11.0 Å². The standard InChI is InChI=1S/C11H13N7OS2/c1-11(2,3)7-14-15-9(17(7)12)21-10-16-18-6(19)4-5-13-8(18)20-10/h4-5H,12H2,1-3H3. The van der Waals surface area contributed by atoms with Gasteiger partial charge in [-0.25, -0.2) is 9.66 Å². The molecule has 0 atom stereocenters. The molecule has 0 spiro atoms. The lowest BCUT2D eigenvalue weighted by Gasteiger charge is -2.16. The highest BCUT2D eigenvalue weighted by Gasteiger charge is 2.23. The van der Waals surface area contributed by atoms with Crippen LogP contribution in [0.15, 0.2) is 26.6 Å². The molecule has 3 heterocycles. The van der Waals surface area contributed by atoms with Crippen molar-refractivity contribution in [2.75, 3.05) is 5.84 Å². The maximum Gasteiger partial charge on any atom is 0.275 e. The average Bonchev–Trinajstić information content (AvgIpc) is 2.95. The molecule has 0 aliphatic carbocycles. The summed E-state index contributed by atoms with van der Waals surface area (Å²) in [5.74, 6) is 6.71. The molecular weight excluding hydrogens is 310 g/mol. The molecule has 0 saturated heterocycles. The summed E-state index contributed by atoms with van der Waals surface area (Å²) in [6.07, 6.45) is 1.47. The van der Waals surface area contributed by atoms with E-state index in [4.69, 9.17) is 5.84 Å². The summed E-state index contributed by atoms with van der Waals surface area (Å²) in [5, 5.41) is 12.9. The summed E-state index contributed by atoms with van der Waals surface area (Å²) in [7, 11) is 0. The zero-order chi connectivity index (χ0) is 15.2. The SMILES string of the molecule is CC(C)(C)c1nnc(Sc2nn3c(=O)ccnc3s2)n1N. The molecule has 21 heavy (non-hydrogen) atoms. The molecule has 8 nitrogen and oxygen atoms in total. The Hall–Kier alpha value is -1.94. The molecule has 0 aromatic carbocycles. The first kappa shape index (κ1) is 14.0. The molecule has 10 heteroatoms. The summed E-state index contributed by atoms with van der Waals surface area (Å²) >= 11 is 2.56. The Morgan fingerprint density at radius 2 is 2.10 bits per heavy atom. The maximum atomic E-state index is 11.6. The number of nitrogens with zero attached hydrogens (tertiary/aromatic N) is 6. The monoisotopic (exact) mass is 323 g/mol. The van der Waals surface area contributed by atoms with Crippen LogP contribution in [-0.4, -0.2) is 29.5 Å². The van der Waals surface area contributed by atoms with Gasteiger partial charge in [-0.05, 0) is 11.8 Å². The fourth-order valence-electron chi connectivity index (χ4n) is 1.70. The van der Waals surface area contributed by atoms with Gasteiger partial charge in [-0.1, -0.05) is 32.1 Å². The Bertz CT molecular complexity index is 857. The number of rotatable bonds is 2. The third kappa shape index (κ3) is 2.51. The Morgan fingerprint density at radius 3 is 2.71 bits per heavy atom. The maximum absolute atomic E-state index is 11.6. The molecule has 110 valence electrons. The fourth-order valence-corrected chi connectivity index (χ4v) is 3.47. The Morgan fingerprint density at radius 1 is 1.33 bits per heavy atom. The summed E-state index contributed by atoms with van der Waals surface area (Å²) < 4.78 is 3.34. The number of hydrogen-bond donors (Lipinski definition) is 1. The van der Waals surface area contributed by atoms with Gasteiger partial charge in [0.1, 0.15) is 0 Å². The van der Waals surface area contributed by atoms with Crippen molar-refractivity contribution in [3.63, 3.8) is 0 Å².